The van der Waals surface area contributed by atoms with E-state index in [1.807, 2.05) is 45.9 Å². The fraction of sp³-hybridized carbons (Fsp3) is 0.231. The molecule has 4 aromatic rings. The third-order valence-corrected chi connectivity index (χ3v) is 6.30. The van der Waals surface area contributed by atoms with Crippen molar-refractivity contribution in [2.24, 2.45) is 0 Å². The van der Waals surface area contributed by atoms with Gasteiger partial charge in [-0.05, 0) is 69.2 Å². The Bertz CT molecular complexity index is 1340. The van der Waals surface area contributed by atoms with Crippen molar-refractivity contribution in [3.8, 4) is 5.75 Å². The number of halogens is 2. The van der Waals surface area contributed by atoms with Crippen LogP contribution in [0.25, 0.3) is 0 Å². The number of rotatable bonds is 7. The summed E-state index contributed by atoms with van der Waals surface area (Å²) in [6, 6.07) is 14.8. The van der Waals surface area contributed by atoms with Crippen LogP contribution in [0.15, 0.2) is 52.9 Å². The Morgan fingerprint density at radius 1 is 1.06 bits per heavy atom. The maximum atomic E-state index is 12.9. The Kier molecular flexibility index (Phi) is 7.00. The quantitative estimate of drug-likeness (QED) is 0.301. The van der Waals surface area contributed by atoms with Gasteiger partial charge in [0.05, 0.1) is 23.6 Å². The largest absolute Gasteiger partial charge is 0.485 e. The van der Waals surface area contributed by atoms with Gasteiger partial charge < -0.3 is 14.5 Å². The molecule has 0 aliphatic rings. The maximum absolute atomic E-state index is 12.9. The summed E-state index contributed by atoms with van der Waals surface area (Å²) < 4.78 is 13.4. The van der Waals surface area contributed by atoms with Crippen LogP contribution in [0.5, 0.6) is 5.75 Å². The average Bonchev–Trinajstić information content (AvgIpc) is 3.37. The van der Waals surface area contributed by atoms with E-state index in [1.165, 1.54) is 0 Å². The van der Waals surface area contributed by atoms with Gasteiger partial charge in [0.1, 0.15) is 18.1 Å². The lowest BCUT2D eigenvalue weighted by Gasteiger charge is -2.09. The van der Waals surface area contributed by atoms with Gasteiger partial charge >= 0.3 is 0 Å². The van der Waals surface area contributed by atoms with Gasteiger partial charge in [0.2, 0.25) is 0 Å². The lowest BCUT2D eigenvalue weighted by Crippen LogP contribution is -2.12. The van der Waals surface area contributed by atoms with E-state index in [4.69, 9.17) is 32.4 Å². The van der Waals surface area contributed by atoms with E-state index >= 15 is 0 Å². The molecular formula is C26H25Cl2N3O3. The van der Waals surface area contributed by atoms with E-state index < -0.39 is 0 Å². The molecule has 0 saturated carbocycles. The minimum Gasteiger partial charge on any atom is -0.485 e. The van der Waals surface area contributed by atoms with Crippen molar-refractivity contribution < 1.29 is 13.9 Å². The van der Waals surface area contributed by atoms with Crippen LogP contribution in [-0.2, 0) is 13.2 Å². The first-order valence-corrected chi connectivity index (χ1v) is 11.6. The van der Waals surface area contributed by atoms with Crippen LogP contribution in [-0.4, -0.2) is 15.7 Å². The highest BCUT2D eigenvalue weighted by Gasteiger charge is 2.19. The number of benzene rings is 2. The number of hydrogen-bond acceptors (Lipinski definition) is 4. The average molecular weight is 498 g/mol. The standard InChI is InChI=1S/C26H25Cl2N3O3/c1-15-8-9-16(2)24(12-15)33-14-19-10-11-23(34-19)26(32)29-25-17(3)30-31(18(25)4)13-20-21(27)6-5-7-22(20)28/h5-12H,13-14H2,1-4H3,(H,29,32). The molecule has 0 saturated heterocycles. The number of anilines is 1. The van der Waals surface area contributed by atoms with Gasteiger partial charge in [0.25, 0.3) is 5.91 Å². The number of aryl methyl sites for hydroxylation is 3. The molecule has 2 aromatic carbocycles. The number of furan rings is 1. The van der Waals surface area contributed by atoms with Crippen molar-refractivity contribution in [3.05, 3.63) is 98.2 Å². The van der Waals surface area contributed by atoms with Gasteiger partial charge in [-0.25, -0.2) is 0 Å². The molecule has 0 atom stereocenters. The van der Waals surface area contributed by atoms with Crippen molar-refractivity contribution in [1.29, 1.82) is 0 Å². The molecule has 0 aliphatic heterocycles. The molecule has 0 spiro atoms. The second kappa shape index (κ2) is 9.95. The van der Waals surface area contributed by atoms with Gasteiger partial charge in [-0.2, -0.15) is 5.10 Å². The zero-order valence-corrected chi connectivity index (χ0v) is 20.9. The number of nitrogens with zero attached hydrogens (tertiary/aromatic N) is 2. The first kappa shape index (κ1) is 23.9. The normalized spacial score (nSPS) is 11.0. The Balaban J connectivity index is 1.45. The van der Waals surface area contributed by atoms with Crippen LogP contribution >= 0.6 is 23.2 Å². The highest BCUT2D eigenvalue weighted by Crippen LogP contribution is 2.28. The minimum atomic E-state index is -0.362. The Morgan fingerprint density at radius 2 is 1.79 bits per heavy atom. The van der Waals surface area contributed by atoms with Gasteiger partial charge in [-0.1, -0.05) is 41.4 Å². The SMILES string of the molecule is Cc1ccc(C)c(OCc2ccc(C(=O)Nc3c(C)nn(Cc4c(Cl)cccc4Cl)c3C)o2)c1. The zero-order valence-electron chi connectivity index (χ0n) is 19.4. The van der Waals surface area contributed by atoms with Gasteiger partial charge in [-0.3, -0.25) is 9.48 Å². The van der Waals surface area contributed by atoms with Crippen molar-refractivity contribution in [3.63, 3.8) is 0 Å². The van der Waals surface area contributed by atoms with E-state index in [9.17, 15) is 4.79 Å². The molecule has 4 rings (SSSR count). The second-order valence-electron chi connectivity index (χ2n) is 8.18. The summed E-state index contributed by atoms with van der Waals surface area (Å²) in [7, 11) is 0. The van der Waals surface area contributed by atoms with Crippen LogP contribution < -0.4 is 10.1 Å². The van der Waals surface area contributed by atoms with Crippen LogP contribution in [0.4, 0.5) is 5.69 Å². The molecule has 0 aliphatic carbocycles. The van der Waals surface area contributed by atoms with Crippen molar-refractivity contribution in [2.45, 2.75) is 40.8 Å². The predicted molar refractivity (Wildman–Crippen MR) is 134 cm³/mol. The van der Waals surface area contributed by atoms with Crippen molar-refractivity contribution in [2.75, 3.05) is 5.32 Å². The molecule has 2 aromatic heterocycles. The van der Waals surface area contributed by atoms with E-state index in [0.717, 1.165) is 28.1 Å². The zero-order chi connectivity index (χ0) is 24.4. The molecular weight excluding hydrogens is 473 g/mol. The number of nitrogens with one attached hydrogen (secondary N) is 1. The van der Waals surface area contributed by atoms with Gasteiger partial charge in [0, 0.05) is 15.6 Å². The molecule has 1 amide bonds. The van der Waals surface area contributed by atoms with E-state index in [1.54, 1.807) is 35.0 Å². The molecule has 0 fully saturated rings. The molecule has 0 radical (unpaired) electrons. The smallest absolute Gasteiger partial charge is 0.291 e. The highest BCUT2D eigenvalue weighted by atomic mass is 35.5. The summed E-state index contributed by atoms with van der Waals surface area (Å²) in [4.78, 5) is 12.9. The third kappa shape index (κ3) is 5.13. The first-order chi connectivity index (χ1) is 16.2. The van der Waals surface area contributed by atoms with Crippen LogP contribution in [0.3, 0.4) is 0 Å². The van der Waals surface area contributed by atoms with Crippen molar-refractivity contribution in [1.82, 2.24) is 9.78 Å². The Morgan fingerprint density at radius 3 is 2.53 bits per heavy atom. The molecule has 1 N–H and O–H groups in total. The number of carbonyl (C=O) groups excluding carboxylic acids is 1. The van der Waals surface area contributed by atoms with Crippen LogP contribution in [0, 0.1) is 27.7 Å². The van der Waals surface area contributed by atoms with Crippen molar-refractivity contribution >= 4 is 34.8 Å². The Hall–Kier alpha value is -3.22. The molecule has 34 heavy (non-hydrogen) atoms. The van der Waals surface area contributed by atoms with E-state index in [2.05, 4.69) is 10.4 Å². The molecule has 6 nitrogen and oxygen atoms in total. The summed E-state index contributed by atoms with van der Waals surface area (Å²) in [5, 5.41) is 8.60. The maximum Gasteiger partial charge on any atom is 0.291 e. The third-order valence-electron chi connectivity index (χ3n) is 5.59. The summed E-state index contributed by atoms with van der Waals surface area (Å²) in [6.07, 6.45) is 0. The minimum absolute atomic E-state index is 0.195. The Labute approximate surface area is 208 Å². The summed E-state index contributed by atoms with van der Waals surface area (Å²) >= 11 is 12.6. The predicted octanol–water partition coefficient (Wildman–Crippen LogP) is 6.90. The first-order valence-electron chi connectivity index (χ1n) is 10.8. The number of hydrogen-bond donors (Lipinski definition) is 1. The fourth-order valence-electron chi connectivity index (χ4n) is 3.63. The van der Waals surface area contributed by atoms with Gasteiger partial charge in [-0.15, -0.1) is 0 Å². The summed E-state index contributed by atoms with van der Waals surface area (Å²) in [6.45, 7) is 8.33. The second-order valence-corrected chi connectivity index (χ2v) is 9.00. The molecule has 0 bridgehead atoms. The lowest BCUT2D eigenvalue weighted by molar-refractivity contribution is 0.0992. The molecule has 2 heterocycles. The summed E-state index contributed by atoms with van der Waals surface area (Å²) in [5.74, 6) is 1.18. The van der Waals surface area contributed by atoms with E-state index in [-0.39, 0.29) is 18.3 Å². The lowest BCUT2D eigenvalue weighted by atomic mass is 10.1. The number of carbonyl (C=O) groups is 1. The summed E-state index contributed by atoms with van der Waals surface area (Å²) in [5.41, 5.74) is 5.01. The van der Waals surface area contributed by atoms with Crippen LogP contribution in [0.1, 0.15) is 44.4 Å². The number of aromatic nitrogens is 2. The number of amides is 1. The molecule has 8 heteroatoms. The topological polar surface area (TPSA) is 69.3 Å². The molecule has 176 valence electrons. The fourth-order valence-corrected chi connectivity index (χ4v) is 4.15. The number of ether oxygens (including phenoxy) is 1. The van der Waals surface area contributed by atoms with Crippen LogP contribution in [0.2, 0.25) is 10.0 Å². The molecule has 0 unspecified atom stereocenters. The van der Waals surface area contributed by atoms with E-state index in [0.29, 0.717) is 33.7 Å². The van der Waals surface area contributed by atoms with Gasteiger partial charge in [0.15, 0.2) is 5.76 Å². The monoisotopic (exact) mass is 497 g/mol. The highest BCUT2D eigenvalue weighted by molar-refractivity contribution is 6.36.